The fourth-order valence-corrected chi connectivity index (χ4v) is 4.90. The van der Waals surface area contributed by atoms with Crippen LogP contribution in [0.15, 0.2) is 48.8 Å². The van der Waals surface area contributed by atoms with Gasteiger partial charge < -0.3 is 15.8 Å². The molecule has 0 saturated carbocycles. The molecular formula is C25H24FN7O2. The summed E-state index contributed by atoms with van der Waals surface area (Å²) in [6.07, 6.45) is 1.48. The number of aromatic nitrogens is 4. The fraction of sp³-hybridized carbons (Fsp3) is 0.280. The highest BCUT2D eigenvalue weighted by molar-refractivity contribution is 5.98. The van der Waals surface area contributed by atoms with E-state index < -0.39 is 11.7 Å². The first-order valence-corrected chi connectivity index (χ1v) is 11.3. The molecule has 9 nitrogen and oxygen atoms in total. The number of methoxy groups -OCH3 is 1. The zero-order valence-corrected chi connectivity index (χ0v) is 19.3. The van der Waals surface area contributed by atoms with E-state index in [9.17, 15) is 9.18 Å². The number of hydrogen-bond donors (Lipinski definition) is 2. The summed E-state index contributed by atoms with van der Waals surface area (Å²) in [6, 6.07) is 11.8. The first-order valence-electron chi connectivity index (χ1n) is 11.3. The number of carbonyl (C=O) groups excluding carboxylic acids is 1. The molecule has 0 radical (unpaired) electrons. The van der Waals surface area contributed by atoms with Gasteiger partial charge in [0.15, 0.2) is 5.65 Å². The summed E-state index contributed by atoms with van der Waals surface area (Å²) < 4.78 is 20.8. The Bertz CT molecular complexity index is 1470. The Balaban J connectivity index is 1.25. The normalized spacial score (nSPS) is 22.4. The minimum atomic E-state index is -0.500. The molecule has 2 aliphatic heterocycles. The van der Waals surface area contributed by atoms with Crippen molar-refractivity contribution >= 4 is 22.8 Å². The number of ether oxygens (including phenoxy) is 1. The summed E-state index contributed by atoms with van der Waals surface area (Å²) in [7, 11) is 1.44. The lowest BCUT2D eigenvalue weighted by atomic mass is 9.97. The van der Waals surface area contributed by atoms with Gasteiger partial charge in [-0.2, -0.15) is 5.10 Å². The monoisotopic (exact) mass is 473 g/mol. The van der Waals surface area contributed by atoms with Crippen molar-refractivity contribution in [1.82, 2.24) is 30.0 Å². The summed E-state index contributed by atoms with van der Waals surface area (Å²) in [5, 5.41) is 8.48. The van der Waals surface area contributed by atoms with E-state index in [0.717, 1.165) is 47.0 Å². The van der Waals surface area contributed by atoms with Crippen molar-refractivity contribution in [3.05, 3.63) is 65.7 Å². The molecule has 2 aromatic carbocycles. The average molecular weight is 474 g/mol. The predicted molar refractivity (Wildman–Crippen MR) is 128 cm³/mol. The second-order valence-electron chi connectivity index (χ2n) is 9.23. The van der Waals surface area contributed by atoms with Crippen molar-refractivity contribution in [2.24, 2.45) is 0 Å². The number of nitrogen functional groups attached to an aromatic ring is 1. The van der Waals surface area contributed by atoms with Crippen LogP contribution >= 0.6 is 0 Å². The molecule has 3 N–H and O–H groups in total. The number of amides is 1. The third kappa shape index (κ3) is 3.40. The summed E-state index contributed by atoms with van der Waals surface area (Å²) in [5.74, 6) is -0.200. The van der Waals surface area contributed by atoms with Crippen molar-refractivity contribution in [1.29, 1.82) is 0 Å². The van der Waals surface area contributed by atoms with Crippen molar-refractivity contribution in [2.45, 2.75) is 25.0 Å². The summed E-state index contributed by atoms with van der Waals surface area (Å²) >= 11 is 0. The average Bonchev–Trinajstić information content (AvgIpc) is 3.20. The Hall–Kier alpha value is -4.05. The Kier molecular flexibility index (Phi) is 4.75. The van der Waals surface area contributed by atoms with E-state index in [2.05, 4.69) is 27.1 Å². The zero-order chi connectivity index (χ0) is 24.3. The number of rotatable bonds is 6. The summed E-state index contributed by atoms with van der Waals surface area (Å²) in [4.78, 5) is 23.7. The molecule has 178 valence electrons. The first kappa shape index (κ1) is 21.5. The predicted octanol–water partition coefficient (Wildman–Crippen LogP) is 2.78. The molecule has 0 bridgehead atoms. The van der Waals surface area contributed by atoms with Gasteiger partial charge in [-0.1, -0.05) is 24.3 Å². The maximum Gasteiger partial charge on any atom is 0.255 e. The fourth-order valence-electron chi connectivity index (χ4n) is 4.90. The largest absolute Gasteiger partial charge is 0.496 e. The number of nitrogens with zero attached hydrogens (tertiary/aromatic N) is 5. The van der Waals surface area contributed by atoms with Gasteiger partial charge in [-0.3, -0.25) is 9.69 Å². The number of anilines is 1. The van der Waals surface area contributed by atoms with Crippen LogP contribution in [0.5, 0.6) is 5.75 Å². The van der Waals surface area contributed by atoms with Crippen molar-refractivity contribution in [2.75, 3.05) is 25.9 Å². The van der Waals surface area contributed by atoms with E-state index in [-0.39, 0.29) is 23.7 Å². The Morgan fingerprint density at radius 2 is 2.06 bits per heavy atom. The van der Waals surface area contributed by atoms with E-state index in [1.807, 2.05) is 28.9 Å². The van der Waals surface area contributed by atoms with Gasteiger partial charge in [0.2, 0.25) is 0 Å². The Morgan fingerprint density at radius 1 is 1.26 bits per heavy atom. The lowest BCUT2D eigenvalue weighted by Crippen LogP contribution is -2.44. The van der Waals surface area contributed by atoms with Gasteiger partial charge in [0.25, 0.3) is 5.91 Å². The number of nitrogens with one attached hydrogen (secondary N) is 1. The Labute approximate surface area is 200 Å². The lowest BCUT2D eigenvalue weighted by molar-refractivity contribution is 0.0947. The molecule has 4 aromatic rings. The van der Waals surface area contributed by atoms with Crippen LogP contribution in [0.1, 0.15) is 28.9 Å². The molecule has 35 heavy (non-hydrogen) atoms. The van der Waals surface area contributed by atoms with Crippen LogP contribution in [0.4, 0.5) is 10.2 Å². The molecule has 1 amide bonds. The minimum Gasteiger partial charge on any atom is -0.496 e. The van der Waals surface area contributed by atoms with Gasteiger partial charge in [0.05, 0.1) is 29.6 Å². The van der Waals surface area contributed by atoms with Crippen molar-refractivity contribution in [3.63, 3.8) is 0 Å². The van der Waals surface area contributed by atoms with Gasteiger partial charge in [0, 0.05) is 25.2 Å². The molecule has 0 spiro atoms. The smallest absolute Gasteiger partial charge is 0.255 e. The van der Waals surface area contributed by atoms with Crippen LogP contribution in [-0.4, -0.2) is 56.3 Å². The number of fused-ring (bicyclic) bond motifs is 2. The number of carbonyl (C=O) groups is 1. The second kappa shape index (κ2) is 7.74. The van der Waals surface area contributed by atoms with Gasteiger partial charge in [-0.25, -0.2) is 19.0 Å². The molecule has 3 unspecified atom stereocenters. The topological polar surface area (TPSA) is 111 Å². The summed E-state index contributed by atoms with van der Waals surface area (Å²) in [6.45, 7) is 4.53. The third-order valence-corrected chi connectivity index (χ3v) is 7.14. The quantitative estimate of drug-likeness (QED) is 0.414. The van der Waals surface area contributed by atoms with Crippen molar-refractivity contribution < 1.29 is 13.9 Å². The number of nitrogens with two attached hydrogens (primary N) is 1. The van der Waals surface area contributed by atoms with Crippen LogP contribution in [0.3, 0.4) is 0 Å². The van der Waals surface area contributed by atoms with E-state index in [1.165, 1.54) is 25.6 Å². The number of benzene rings is 2. The van der Waals surface area contributed by atoms with E-state index >= 15 is 0 Å². The van der Waals surface area contributed by atoms with Gasteiger partial charge in [0.1, 0.15) is 29.4 Å². The Morgan fingerprint density at radius 3 is 2.74 bits per heavy atom. The highest BCUT2D eigenvalue weighted by Gasteiger charge is 2.64. The van der Waals surface area contributed by atoms with E-state index in [4.69, 9.17) is 15.6 Å². The number of halogens is 1. The van der Waals surface area contributed by atoms with E-state index in [1.54, 1.807) is 0 Å². The zero-order valence-electron chi connectivity index (χ0n) is 19.3. The lowest BCUT2D eigenvalue weighted by Gasteiger charge is -2.34. The molecule has 3 atom stereocenters. The van der Waals surface area contributed by atoms with Gasteiger partial charge in [-0.05, 0) is 30.7 Å². The summed E-state index contributed by atoms with van der Waals surface area (Å²) in [5.41, 5.74) is 9.78. The second-order valence-corrected chi connectivity index (χ2v) is 9.23. The highest BCUT2D eigenvalue weighted by atomic mass is 19.1. The van der Waals surface area contributed by atoms with Crippen LogP contribution in [-0.2, 0) is 6.54 Å². The molecule has 10 heteroatoms. The highest BCUT2D eigenvalue weighted by Crippen LogP contribution is 2.53. The molecule has 2 fully saturated rings. The molecule has 2 aliphatic rings. The van der Waals surface area contributed by atoms with Gasteiger partial charge >= 0.3 is 0 Å². The molecular weight excluding hydrogens is 449 g/mol. The molecule has 0 aliphatic carbocycles. The number of hydrogen-bond acceptors (Lipinski definition) is 7. The van der Waals surface area contributed by atoms with E-state index in [0.29, 0.717) is 11.6 Å². The van der Waals surface area contributed by atoms with Gasteiger partial charge in [-0.15, -0.1) is 0 Å². The standard InChI is InChI=1S/C25H24FN7O2/c1-25-12-32(25)11-19(25)33-23-20(22(27)29-13-30-23)21(31-33)15-5-3-14(4-6-15)10-28-24(34)17-9-16(26)7-8-18(17)35-2/h3-9,13,19H,10-12H2,1-2H3,(H,28,34)(H2,27,29,30). The first-order chi connectivity index (χ1) is 16.9. The SMILES string of the molecule is COc1ccc(F)cc1C(=O)NCc1ccc(-c2nn(C3CN4CC34C)c3ncnc(N)c23)cc1. The molecule has 2 saturated heterocycles. The maximum absolute atomic E-state index is 13.6. The molecule has 4 heterocycles. The van der Waals surface area contributed by atoms with Crippen LogP contribution in [0.2, 0.25) is 0 Å². The van der Waals surface area contributed by atoms with Crippen LogP contribution < -0.4 is 15.8 Å². The van der Waals surface area contributed by atoms with Crippen LogP contribution in [0, 0.1) is 5.82 Å². The maximum atomic E-state index is 13.6. The van der Waals surface area contributed by atoms with Crippen LogP contribution in [0.25, 0.3) is 22.3 Å². The third-order valence-electron chi connectivity index (χ3n) is 7.14. The molecule has 6 rings (SSSR count). The molecule has 2 aromatic heterocycles. The van der Waals surface area contributed by atoms with Crippen molar-refractivity contribution in [3.8, 4) is 17.0 Å². The minimum absolute atomic E-state index is 0.141.